The van der Waals surface area contributed by atoms with E-state index in [4.69, 9.17) is 51.5 Å². The van der Waals surface area contributed by atoms with Crippen molar-refractivity contribution in [2.45, 2.75) is 6.10 Å². The number of aliphatic hydroxyl groups is 1. The molecule has 1 unspecified atom stereocenters. The van der Waals surface area contributed by atoms with E-state index < -0.39 is 12.1 Å². The maximum absolute atomic E-state index is 10.9. The minimum absolute atomic E-state index is 0.145. The maximum atomic E-state index is 10.9. The van der Waals surface area contributed by atoms with Crippen LogP contribution in [0.1, 0.15) is 11.7 Å². The van der Waals surface area contributed by atoms with Crippen LogP contribution in [-0.4, -0.2) is 16.2 Å². The number of carbonyl (C=O) groups is 1. The number of halogens is 4. The van der Waals surface area contributed by atoms with Crippen molar-refractivity contribution in [1.82, 2.24) is 0 Å². The third-order valence-corrected chi connectivity index (χ3v) is 4.04. The molecule has 0 heterocycles. The Labute approximate surface area is 140 Å². The van der Waals surface area contributed by atoms with Crippen LogP contribution < -0.4 is 0 Å². The lowest BCUT2D eigenvalue weighted by Crippen LogP contribution is -2.10. The highest BCUT2D eigenvalue weighted by Gasteiger charge is 2.18. The number of carboxylic acids is 1. The van der Waals surface area contributed by atoms with Gasteiger partial charge in [-0.1, -0.05) is 46.4 Å². The average Bonchev–Trinajstić information content (AvgIpc) is 2.41. The smallest absolute Gasteiger partial charge is 0.337 e. The first-order chi connectivity index (χ1) is 9.79. The van der Waals surface area contributed by atoms with Gasteiger partial charge >= 0.3 is 5.97 Å². The summed E-state index contributed by atoms with van der Waals surface area (Å²) >= 11 is 23.9. The molecule has 0 bridgehead atoms. The third kappa shape index (κ3) is 3.62. The molecule has 0 spiro atoms. The molecule has 2 rings (SSSR count). The Morgan fingerprint density at radius 3 is 2.14 bits per heavy atom. The van der Waals surface area contributed by atoms with Crippen molar-refractivity contribution in [2.75, 3.05) is 0 Å². The maximum Gasteiger partial charge on any atom is 0.337 e. The zero-order chi connectivity index (χ0) is 15.7. The van der Waals surface area contributed by atoms with Crippen molar-refractivity contribution < 1.29 is 15.0 Å². The third-order valence-electron chi connectivity index (χ3n) is 2.79. The summed E-state index contributed by atoms with van der Waals surface area (Å²) in [5.41, 5.74) is 1.21. The van der Waals surface area contributed by atoms with E-state index in [1.165, 1.54) is 18.2 Å². The minimum Gasteiger partial charge on any atom is -0.479 e. The van der Waals surface area contributed by atoms with Gasteiger partial charge in [0, 0.05) is 15.6 Å². The number of rotatable bonds is 3. The number of hydrogen-bond donors (Lipinski definition) is 2. The molecule has 0 aliphatic rings. The Hall–Kier alpha value is -0.970. The molecule has 3 nitrogen and oxygen atoms in total. The van der Waals surface area contributed by atoms with Gasteiger partial charge in [0.05, 0.1) is 10.0 Å². The average molecular weight is 366 g/mol. The van der Waals surface area contributed by atoms with Crippen molar-refractivity contribution in [2.24, 2.45) is 0 Å². The van der Waals surface area contributed by atoms with Gasteiger partial charge in [0.15, 0.2) is 6.10 Å². The molecule has 0 saturated carbocycles. The standard InChI is InChI=1S/C14H8Cl4O3/c15-8-2-6(1-7(3-8)13(19)14(20)21)9-4-11(17)12(18)5-10(9)16/h1-5,13,19H,(H,20,21). The summed E-state index contributed by atoms with van der Waals surface area (Å²) in [5, 5.41) is 19.7. The molecule has 0 aliphatic heterocycles. The van der Waals surface area contributed by atoms with Crippen molar-refractivity contribution in [3.05, 3.63) is 56.0 Å². The quantitative estimate of drug-likeness (QED) is 0.745. The normalized spacial score (nSPS) is 12.2. The van der Waals surface area contributed by atoms with Crippen LogP contribution in [0.5, 0.6) is 0 Å². The highest BCUT2D eigenvalue weighted by Crippen LogP contribution is 2.37. The Balaban J connectivity index is 2.60. The fourth-order valence-corrected chi connectivity index (χ4v) is 2.71. The number of hydrogen-bond acceptors (Lipinski definition) is 2. The van der Waals surface area contributed by atoms with Crippen LogP contribution in [0.25, 0.3) is 11.1 Å². The fraction of sp³-hybridized carbons (Fsp3) is 0.0714. The summed E-state index contributed by atoms with van der Waals surface area (Å²) in [6.07, 6.45) is -1.68. The summed E-state index contributed by atoms with van der Waals surface area (Å²) in [7, 11) is 0. The number of aliphatic hydroxyl groups excluding tert-OH is 1. The van der Waals surface area contributed by atoms with Gasteiger partial charge in [-0.05, 0) is 41.5 Å². The van der Waals surface area contributed by atoms with Crippen LogP contribution in [0.2, 0.25) is 20.1 Å². The molecule has 7 heteroatoms. The van der Waals surface area contributed by atoms with Crippen LogP contribution in [0.4, 0.5) is 0 Å². The topological polar surface area (TPSA) is 57.5 Å². The van der Waals surface area contributed by atoms with Crippen LogP contribution in [0.3, 0.4) is 0 Å². The Morgan fingerprint density at radius 1 is 0.905 bits per heavy atom. The van der Waals surface area contributed by atoms with E-state index in [0.717, 1.165) is 0 Å². The van der Waals surface area contributed by atoms with Gasteiger partial charge in [-0.15, -0.1) is 0 Å². The zero-order valence-corrected chi connectivity index (χ0v) is 13.3. The van der Waals surface area contributed by atoms with E-state index in [0.29, 0.717) is 26.2 Å². The molecule has 110 valence electrons. The van der Waals surface area contributed by atoms with Gasteiger partial charge in [-0.2, -0.15) is 0 Å². The van der Waals surface area contributed by atoms with Crippen molar-refractivity contribution in [3.63, 3.8) is 0 Å². The predicted molar refractivity (Wildman–Crippen MR) is 84.5 cm³/mol. The molecule has 21 heavy (non-hydrogen) atoms. The second-order valence-electron chi connectivity index (χ2n) is 4.26. The van der Waals surface area contributed by atoms with Crippen LogP contribution >= 0.6 is 46.4 Å². The first-order valence-electron chi connectivity index (χ1n) is 5.66. The molecule has 0 aromatic heterocycles. The van der Waals surface area contributed by atoms with E-state index in [9.17, 15) is 9.90 Å². The largest absolute Gasteiger partial charge is 0.479 e. The van der Waals surface area contributed by atoms with Crippen molar-refractivity contribution in [1.29, 1.82) is 0 Å². The van der Waals surface area contributed by atoms with E-state index in [1.54, 1.807) is 12.1 Å². The lowest BCUT2D eigenvalue weighted by molar-refractivity contribution is -0.146. The van der Waals surface area contributed by atoms with Gasteiger partial charge < -0.3 is 10.2 Å². The highest BCUT2D eigenvalue weighted by molar-refractivity contribution is 6.44. The van der Waals surface area contributed by atoms with Gasteiger partial charge in [0.25, 0.3) is 0 Å². The van der Waals surface area contributed by atoms with Crippen LogP contribution in [-0.2, 0) is 4.79 Å². The molecule has 0 fully saturated rings. The van der Waals surface area contributed by atoms with Gasteiger partial charge in [0.2, 0.25) is 0 Å². The SMILES string of the molecule is O=C(O)C(O)c1cc(Cl)cc(-c2cc(Cl)c(Cl)cc2Cl)c1. The van der Waals surface area contributed by atoms with E-state index >= 15 is 0 Å². The predicted octanol–water partition coefficient (Wildman–Crippen LogP) is 5.09. The second kappa shape index (κ2) is 6.42. The lowest BCUT2D eigenvalue weighted by Gasteiger charge is -2.11. The van der Waals surface area contributed by atoms with Crippen LogP contribution in [0.15, 0.2) is 30.3 Å². The number of benzene rings is 2. The second-order valence-corrected chi connectivity index (χ2v) is 5.92. The zero-order valence-electron chi connectivity index (χ0n) is 10.3. The summed E-state index contributed by atoms with van der Waals surface area (Å²) in [5.74, 6) is -1.37. The monoisotopic (exact) mass is 364 g/mol. The summed E-state index contributed by atoms with van der Waals surface area (Å²) in [6.45, 7) is 0. The highest BCUT2D eigenvalue weighted by atomic mass is 35.5. The summed E-state index contributed by atoms with van der Waals surface area (Å²) in [6, 6.07) is 7.47. The summed E-state index contributed by atoms with van der Waals surface area (Å²) < 4.78 is 0. The van der Waals surface area contributed by atoms with Gasteiger partial charge in [0.1, 0.15) is 0 Å². The van der Waals surface area contributed by atoms with E-state index in [1.807, 2.05) is 0 Å². The molecule has 0 amide bonds. The molecule has 2 N–H and O–H groups in total. The van der Waals surface area contributed by atoms with Crippen molar-refractivity contribution >= 4 is 52.4 Å². The lowest BCUT2D eigenvalue weighted by atomic mass is 10.0. The van der Waals surface area contributed by atoms with Gasteiger partial charge in [-0.3, -0.25) is 0 Å². The number of aliphatic carboxylic acids is 1. The first-order valence-corrected chi connectivity index (χ1v) is 7.17. The Kier molecular flexibility index (Phi) is 5.02. The molecule has 0 saturated heterocycles. The molecule has 0 aliphatic carbocycles. The first kappa shape index (κ1) is 16.4. The molecule has 2 aromatic rings. The Bertz CT molecular complexity index is 716. The Morgan fingerprint density at radius 2 is 1.52 bits per heavy atom. The van der Waals surface area contributed by atoms with Gasteiger partial charge in [-0.25, -0.2) is 4.79 Å². The van der Waals surface area contributed by atoms with E-state index in [-0.39, 0.29) is 10.6 Å². The molecular formula is C14H8Cl4O3. The van der Waals surface area contributed by atoms with Crippen LogP contribution in [0, 0.1) is 0 Å². The minimum atomic E-state index is -1.68. The molecule has 1 atom stereocenters. The molecule has 2 aromatic carbocycles. The van der Waals surface area contributed by atoms with E-state index in [2.05, 4.69) is 0 Å². The number of carboxylic acid groups (broad SMARTS) is 1. The fourth-order valence-electron chi connectivity index (χ4n) is 1.81. The molecule has 0 radical (unpaired) electrons. The van der Waals surface area contributed by atoms with Crippen molar-refractivity contribution in [3.8, 4) is 11.1 Å². The molecular weight excluding hydrogens is 358 g/mol. The summed E-state index contributed by atoms with van der Waals surface area (Å²) in [4.78, 5) is 10.9.